The average Bonchev–Trinajstić information content (AvgIpc) is 2.93. The largest absolute Gasteiger partial charge is 0.495 e. The van der Waals surface area contributed by atoms with Gasteiger partial charge in [0.2, 0.25) is 5.88 Å². The Balaban J connectivity index is 1.92. The summed E-state index contributed by atoms with van der Waals surface area (Å²) >= 11 is 3.42. The topological polar surface area (TPSA) is 84.2 Å². The lowest BCUT2D eigenvalue weighted by Crippen LogP contribution is -2.34. The molecule has 26 heavy (non-hydrogen) atoms. The van der Waals surface area contributed by atoms with Crippen molar-refractivity contribution in [3.8, 4) is 17.7 Å². The van der Waals surface area contributed by atoms with Gasteiger partial charge in [-0.3, -0.25) is 4.79 Å². The maximum absolute atomic E-state index is 13.9. The number of carbonyl (C=O) groups excluding carboxylic acids is 1. The van der Waals surface area contributed by atoms with E-state index >= 15 is 0 Å². The number of amides is 1. The second-order valence-electron chi connectivity index (χ2n) is 6.02. The monoisotopic (exact) mass is 421 g/mol. The molecule has 2 heterocycles. The Kier molecular flexibility index (Phi) is 5.28. The van der Waals surface area contributed by atoms with Crippen molar-refractivity contribution in [3.05, 3.63) is 28.4 Å². The highest BCUT2D eigenvalue weighted by Gasteiger charge is 2.41. The molecule has 0 aliphatic carbocycles. The third kappa shape index (κ3) is 3.19. The van der Waals surface area contributed by atoms with Crippen LogP contribution in [0.2, 0.25) is 0 Å². The van der Waals surface area contributed by atoms with E-state index in [0.29, 0.717) is 33.5 Å². The minimum atomic E-state index is -1.51. The Morgan fingerprint density at radius 3 is 2.85 bits per heavy atom. The van der Waals surface area contributed by atoms with E-state index < -0.39 is 24.0 Å². The molecule has 1 N–H and O–H groups in total. The summed E-state index contributed by atoms with van der Waals surface area (Å²) in [4.78, 5) is 15.8. The van der Waals surface area contributed by atoms with Crippen LogP contribution in [0.5, 0.6) is 11.6 Å². The minimum absolute atomic E-state index is 0.108. The Morgan fingerprint density at radius 2 is 2.19 bits per heavy atom. The number of nitrogens with zero attached hydrogens (tertiary/aromatic N) is 2. The van der Waals surface area contributed by atoms with Gasteiger partial charge < -0.3 is 14.8 Å². The molecule has 1 amide bonds. The first-order chi connectivity index (χ1) is 12.5. The van der Waals surface area contributed by atoms with Gasteiger partial charge in [0, 0.05) is 27.4 Å². The SMILES string of the molecule is CC[C@@H]1[C@H](F)C(=O)N[C@@H]1COc1ncc(Br)c2cc(C#N)c(OC)cc12. The summed E-state index contributed by atoms with van der Waals surface area (Å²) in [6.07, 6.45) is 0.594. The van der Waals surface area contributed by atoms with Crippen molar-refractivity contribution >= 4 is 32.6 Å². The summed E-state index contributed by atoms with van der Waals surface area (Å²) in [5.74, 6) is -0.282. The van der Waals surface area contributed by atoms with Crippen LogP contribution in [-0.4, -0.2) is 36.8 Å². The van der Waals surface area contributed by atoms with Crippen LogP contribution in [0.25, 0.3) is 10.8 Å². The van der Waals surface area contributed by atoms with Crippen molar-refractivity contribution in [2.75, 3.05) is 13.7 Å². The number of fused-ring (bicyclic) bond motifs is 1. The summed E-state index contributed by atoms with van der Waals surface area (Å²) in [5, 5.41) is 13.3. The highest BCUT2D eigenvalue weighted by Crippen LogP contribution is 2.35. The number of methoxy groups -OCH3 is 1. The predicted molar refractivity (Wildman–Crippen MR) is 96.8 cm³/mol. The zero-order valence-electron chi connectivity index (χ0n) is 14.3. The average molecular weight is 422 g/mol. The Labute approximate surface area is 158 Å². The Morgan fingerprint density at radius 1 is 1.42 bits per heavy atom. The molecule has 136 valence electrons. The van der Waals surface area contributed by atoms with E-state index in [1.807, 2.05) is 6.92 Å². The number of halogens is 2. The third-order valence-electron chi connectivity index (χ3n) is 4.58. The van der Waals surface area contributed by atoms with Crippen LogP contribution >= 0.6 is 15.9 Å². The van der Waals surface area contributed by atoms with Crippen LogP contribution in [0.1, 0.15) is 18.9 Å². The van der Waals surface area contributed by atoms with Crippen LogP contribution in [-0.2, 0) is 4.79 Å². The number of nitrogens with one attached hydrogen (secondary N) is 1. The summed E-state index contributed by atoms with van der Waals surface area (Å²) in [7, 11) is 1.48. The number of benzene rings is 1. The maximum Gasteiger partial charge on any atom is 0.255 e. The van der Waals surface area contributed by atoms with Gasteiger partial charge >= 0.3 is 0 Å². The molecule has 1 fully saturated rings. The van der Waals surface area contributed by atoms with Crippen molar-refractivity contribution in [2.45, 2.75) is 25.6 Å². The van der Waals surface area contributed by atoms with Crippen LogP contribution in [0.4, 0.5) is 4.39 Å². The smallest absolute Gasteiger partial charge is 0.255 e. The first-order valence-electron chi connectivity index (χ1n) is 8.13. The molecule has 1 aromatic carbocycles. The van der Waals surface area contributed by atoms with Gasteiger partial charge in [-0.05, 0) is 34.5 Å². The lowest BCUT2D eigenvalue weighted by molar-refractivity contribution is -0.123. The number of alkyl halides is 1. The molecular weight excluding hydrogens is 405 g/mol. The number of hydrogen-bond donors (Lipinski definition) is 1. The van der Waals surface area contributed by atoms with E-state index in [4.69, 9.17) is 9.47 Å². The molecule has 0 spiro atoms. The van der Waals surface area contributed by atoms with Crippen molar-refractivity contribution in [1.29, 1.82) is 5.26 Å². The normalized spacial score (nSPS) is 22.1. The highest BCUT2D eigenvalue weighted by molar-refractivity contribution is 9.10. The lowest BCUT2D eigenvalue weighted by Gasteiger charge is -2.19. The van der Waals surface area contributed by atoms with Crippen molar-refractivity contribution in [2.24, 2.45) is 5.92 Å². The second kappa shape index (κ2) is 7.46. The number of ether oxygens (including phenoxy) is 2. The molecule has 1 aliphatic rings. The van der Waals surface area contributed by atoms with Crippen LogP contribution < -0.4 is 14.8 Å². The van der Waals surface area contributed by atoms with E-state index in [-0.39, 0.29) is 6.61 Å². The molecule has 8 heteroatoms. The first-order valence-corrected chi connectivity index (χ1v) is 8.93. The third-order valence-corrected chi connectivity index (χ3v) is 5.22. The second-order valence-corrected chi connectivity index (χ2v) is 6.88. The van der Waals surface area contributed by atoms with Gasteiger partial charge in [0.15, 0.2) is 6.17 Å². The lowest BCUT2D eigenvalue weighted by atomic mass is 9.97. The van der Waals surface area contributed by atoms with Crippen molar-refractivity contribution in [1.82, 2.24) is 10.3 Å². The zero-order valence-corrected chi connectivity index (χ0v) is 15.8. The summed E-state index contributed by atoms with van der Waals surface area (Å²) in [5.41, 5.74) is 0.396. The molecular formula is C18H17BrFN3O3. The first kappa shape index (κ1) is 18.4. The van der Waals surface area contributed by atoms with Gasteiger partial charge in [0.05, 0.1) is 18.7 Å². The number of pyridine rings is 1. The van der Waals surface area contributed by atoms with Crippen molar-refractivity contribution in [3.63, 3.8) is 0 Å². The summed E-state index contributed by atoms with van der Waals surface area (Å²) < 4.78 is 25.7. The number of aromatic nitrogens is 1. The standard InChI is InChI=1S/C18H17BrFN3O3/c1-3-10-14(23-17(24)16(10)20)8-26-18-12-5-15(25-2)9(6-21)4-11(12)13(19)7-22-18/h4-5,7,10,14,16H,3,8H2,1-2H3,(H,23,24)/t10-,14+,16-/m0/s1. The Bertz CT molecular complexity index is 899. The fourth-order valence-electron chi connectivity index (χ4n) is 3.17. The molecule has 1 saturated heterocycles. The van der Waals surface area contributed by atoms with Gasteiger partial charge in [0.1, 0.15) is 18.4 Å². The molecule has 3 atom stereocenters. The molecule has 0 unspecified atom stereocenters. The quantitative estimate of drug-likeness (QED) is 0.801. The molecule has 6 nitrogen and oxygen atoms in total. The van der Waals surface area contributed by atoms with Crippen LogP contribution in [0, 0.1) is 17.2 Å². The van der Waals surface area contributed by atoms with Gasteiger partial charge in [-0.15, -0.1) is 0 Å². The summed E-state index contributed by atoms with van der Waals surface area (Å²) in [6, 6.07) is 5.05. The molecule has 0 saturated carbocycles. The predicted octanol–water partition coefficient (Wildman–Crippen LogP) is 3.12. The molecule has 0 bridgehead atoms. The van der Waals surface area contributed by atoms with Crippen LogP contribution in [0.15, 0.2) is 22.8 Å². The number of rotatable bonds is 5. The maximum atomic E-state index is 13.9. The van der Waals surface area contributed by atoms with E-state index in [1.54, 1.807) is 18.3 Å². The van der Waals surface area contributed by atoms with E-state index in [2.05, 4.69) is 32.3 Å². The van der Waals surface area contributed by atoms with Crippen LogP contribution in [0.3, 0.4) is 0 Å². The molecule has 1 aromatic heterocycles. The van der Waals surface area contributed by atoms with Gasteiger partial charge in [0.25, 0.3) is 5.91 Å². The highest BCUT2D eigenvalue weighted by atomic mass is 79.9. The molecule has 0 radical (unpaired) electrons. The summed E-state index contributed by atoms with van der Waals surface area (Å²) in [6.45, 7) is 1.95. The fraction of sp³-hybridized carbons (Fsp3) is 0.389. The van der Waals surface area contributed by atoms with E-state index in [1.165, 1.54) is 7.11 Å². The fourth-order valence-corrected chi connectivity index (χ4v) is 3.60. The molecule has 3 rings (SSSR count). The van der Waals surface area contributed by atoms with Gasteiger partial charge in [-0.25, -0.2) is 9.37 Å². The zero-order chi connectivity index (χ0) is 18.8. The van der Waals surface area contributed by atoms with Gasteiger partial charge in [-0.1, -0.05) is 6.92 Å². The minimum Gasteiger partial charge on any atom is -0.495 e. The van der Waals surface area contributed by atoms with E-state index in [9.17, 15) is 14.4 Å². The van der Waals surface area contributed by atoms with E-state index in [0.717, 1.165) is 5.39 Å². The Hall–Kier alpha value is -2.40. The van der Waals surface area contributed by atoms with Crippen molar-refractivity contribution < 1.29 is 18.7 Å². The van der Waals surface area contributed by atoms with Gasteiger partial charge in [-0.2, -0.15) is 5.26 Å². The number of nitriles is 1. The number of carbonyl (C=O) groups is 1. The molecule has 2 aromatic rings. The number of hydrogen-bond acceptors (Lipinski definition) is 5. The molecule has 1 aliphatic heterocycles.